The summed E-state index contributed by atoms with van der Waals surface area (Å²) in [6.07, 6.45) is 2.37. The van der Waals surface area contributed by atoms with Gasteiger partial charge in [-0.05, 0) is 30.3 Å². The Labute approximate surface area is 172 Å². The van der Waals surface area contributed by atoms with Crippen molar-refractivity contribution in [2.24, 2.45) is 0 Å². The molecule has 0 saturated heterocycles. The van der Waals surface area contributed by atoms with Crippen molar-refractivity contribution in [1.29, 1.82) is 5.26 Å². The number of nitriles is 1. The monoisotopic (exact) mass is 429 g/mol. The second kappa shape index (κ2) is 7.29. The van der Waals surface area contributed by atoms with Gasteiger partial charge in [0.05, 0.1) is 37.1 Å². The first kappa shape index (κ1) is 18.0. The summed E-state index contributed by atoms with van der Waals surface area (Å²) in [5.74, 6) is 0. The molecule has 0 unspecified atom stereocenters. The molecule has 0 radical (unpaired) electrons. The van der Waals surface area contributed by atoms with Gasteiger partial charge >= 0.3 is 0 Å². The smallest absolute Gasteiger partial charge is 0.160 e. The highest BCUT2D eigenvalue weighted by atomic mass is 35.5. The molecule has 0 bridgehead atoms. The van der Waals surface area contributed by atoms with Crippen molar-refractivity contribution in [1.82, 2.24) is 4.98 Å². The van der Waals surface area contributed by atoms with Gasteiger partial charge in [-0.1, -0.05) is 23.2 Å². The molecule has 132 valence electrons. The van der Waals surface area contributed by atoms with Crippen molar-refractivity contribution in [2.45, 2.75) is 0 Å². The van der Waals surface area contributed by atoms with Crippen LogP contribution in [0, 0.1) is 11.3 Å². The lowest BCUT2D eigenvalue weighted by atomic mass is 10.2. The number of hydrogen-bond acceptors (Lipinski definition) is 6. The number of aromatic nitrogens is 1. The molecule has 3 heterocycles. The highest BCUT2D eigenvalue weighted by Gasteiger charge is 2.15. The number of aldehydes is 1. The third kappa shape index (κ3) is 3.43. The summed E-state index contributed by atoms with van der Waals surface area (Å²) in [7, 11) is 0. The molecule has 0 aliphatic heterocycles. The summed E-state index contributed by atoms with van der Waals surface area (Å²) >= 11 is 15.1. The number of fused-ring (bicyclic) bond motifs is 1. The summed E-state index contributed by atoms with van der Waals surface area (Å²) in [6.45, 7) is 0. The molecule has 0 spiro atoms. The van der Waals surface area contributed by atoms with Gasteiger partial charge < -0.3 is 5.32 Å². The Balaban J connectivity index is 1.85. The molecule has 0 saturated carbocycles. The Morgan fingerprint density at radius 3 is 2.78 bits per heavy atom. The van der Waals surface area contributed by atoms with Crippen molar-refractivity contribution in [3.63, 3.8) is 0 Å². The van der Waals surface area contributed by atoms with Crippen molar-refractivity contribution >= 4 is 73.8 Å². The average Bonchev–Trinajstić information content (AvgIpc) is 3.30. The largest absolute Gasteiger partial charge is 0.352 e. The van der Waals surface area contributed by atoms with E-state index in [0.29, 0.717) is 31.9 Å². The zero-order chi connectivity index (χ0) is 19.0. The summed E-state index contributed by atoms with van der Waals surface area (Å²) < 4.78 is 0.842. The SMILES string of the molecule is N#Cc1cnc2cc(-c3csc(C=O)c3)sc2c1Nc1ccc(Cl)cc1Cl. The molecule has 0 amide bonds. The van der Waals surface area contributed by atoms with E-state index in [-0.39, 0.29) is 0 Å². The third-order valence-electron chi connectivity index (χ3n) is 3.87. The molecule has 1 aromatic carbocycles. The average molecular weight is 430 g/mol. The number of nitrogens with zero attached hydrogens (tertiary/aromatic N) is 2. The van der Waals surface area contributed by atoms with Gasteiger partial charge in [0.15, 0.2) is 6.29 Å². The predicted molar refractivity (Wildman–Crippen MR) is 113 cm³/mol. The van der Waals surface area contributed by atoms with Crippen LogP contribution < -0.4 is 5.32 Å². The number of carbonyl (C=O) groups excluding carboxylic acids is 1. The molecule has 0 fully saturated rings. The summed E-state index contributed by atoms with van der Waals surface area (Å²) in [4.78, 5) is 17.0. The number of thiophene rings is 2. The Hall–Kier alpha value is -2.43. The van der Waals surface area contributed by atoms with Crippen LogP contribution >= 0.6 is 45.9 Å². The Morgan fingerprint density at radius 1 is 1.22 bits per heavy atom. The van der Waals surface area contributed by atoms with Crippen LogP contribution in [0.4, 0.5) is 11.4 Å². The number of benzene rings is 1. The van der Waals surface area contributed by atoms with E-state index in [1.165, 1.54) is 28.9 Å². The highest BCUT2D eigenvalue weighted by Crippen LogP contribution is 2.41. The van der Waals surface area contributed by atoms with E-state index < -0.39 is 0 Å². The molecule has 4 aromatic rings. The number of hydrogen-bond donors (Lipinski definition) is 1. The number of rotatable bonds is 4. The molecule has 1 N–H and O–H groups in total. The fourth-order valence-corrected chi connectivity index (χ4v) is 4.94. The first-order valence-electron chi connectivity index (χ1n) is 7.68. The number of nitrogens with one attached hydrogen (secondary N) is 1. The van der Waals surface area contributed by atoms with Crippen molar-refractivity contribution in [3.8, 4) is 16.5 Å². The van der Waals surface area contributed by atoms with Gasteiger partial charge in [0.25, 0.3) is 0 Å². The fourth-order valence-electron chi connectivity index (χ4n) is 2.60. The van der Waals surface area contributed by atoms with E-state index in [1.54, 1.807) is 18.2 Å². The Kier molecular flexibility index (Phi) is 4.85. The van der Waals surface area contributed by atoms with E-state index in [2.05, 4.69) is 16.4 Å². The lowest BCUT2D eigenvalue weighted by molar-refractivity contribution is 0.112. The quantitative estimate of drug-likeness (QED) is 0.363. The van der Waals surface area contributed by atoms with Gasteiger partial charge in [-0.2, -0.15) is 5.26 Å². The normalized spacial score (nSPS) is 10.7. The fraction of sp³-hybridized carbons (Fsp3) is 0. The molecule has 4 rings (SSSR count). The van der Waals surface area contributed by atoms with Crippen LogP contribution in [0.25, 0.3) is 20.7 Å². The number of carbonyl (C=O) groups is 1. The van der Waals surface area contributed by atoms with Crippen LogP contribution in [-0.2, 0) is 0 Å². The second-order valence-corrected chi connectivity index (χ2v) is 8.43. The lowest BCUT2D eigenvalue weighted by Gasteiger charge is -2.11. The Bertz CT molecular complexity index is 1220. The van der Waals surface area contributed by atoms with Gasteiger partial charge in [-0.3, -0.25) is 9.78 Å². The van der Waals surface area contributed by atoms with E-state index >= 15 is 0 Å². The van der Waals surface area contributed by atoms with Gasteiger partial charge in [-0.25, -0.2) is 0 Å². The van der Waals surface area contributed by atoms with Crippen LogP contribution in [0.15, 0.2) is 41.9 Å². The molecule has 0 aliphatic carbocycles. The van der Waals surface area contributed by atoms with Crippen molar-refractivity contribution in [2.75, 3.05) is 5.32 Å². The van der Waals surface area contributed by atoms with Gasteiger partial charge in [0.1, 0.15) is 6.07 Å². The minimum absolute atomic E-state index is 0.417. The molecule has 8 heteroatoms. The maximum absolute atomic E-state index is 11.0. The second-order valence-electron chi connectivity index (χ2n) is 5.59. The van der Waals surface area contributed by atoms with Crippen LogP contribution in [0.5, 0.6) is 0 Å². The van der Waals surface area contributed by atoms with E-state index in [1.807, 2.05) is 17.5 Å². The van der Waals surface area contributed by atoms with Gasteiger partial charge in [0, 0.05) is 27.0 Å². The van der Waals surface area contributed by atoms with Crippen molar-refractivity contribution < 1.29 is 4.79 Å². The summed E-state index contributed by atoms with van der Waals surface area (Å²) in [5.41, 5.74) is 3.44. The zero-order valence-electron chi connectivity index (χ0n) is 13.5. The summed E-state index contributed by atoms with van der Waals surface area (Å²) in [6, 6.07) is 11.1. The first-order valence-corrected chi connectivity index (χ1v) is 10.1. The van der Waals surface area contributed by atoms with Crippen LogP contribution in [0.1, 0.15) is 15.2 Å². The van der Waals surface area contributed by atoms with Gasteiger partial charge in [0.2, 0.25) is 0 Å². The number of pyridine rings is 1. The molecular formula is C19H9Cl2N3OS2. The van der Waals surface area contributed by atoms with Crippen LogP contribution in [0.2, 0.25) is 10.0 Å². The maximum atomic E-state index is 11.0. The molecular weight excluding hydrogens is 421 g/mol. The van der Waals surface area contributed by atoms with E-state index in [9.17, 15) is 10.1 Å². The number of anilines is 2. The predicted octanol–water partition coefficient (Wildman–Crippen LogP) is 6.76. The first-order chi connectivity index (χ1) is 13.1. The minimum atomic E-state index is 0.417. The standard InChI is InChI=1S/C19H9Cl2N3OS2/c20-12-1-2-15(14(21)4-12)24-18-11(6-22)7-23-16-5-17(27-19(16)18)10-3-13(8-25)26-9-10/h1-5,7-9H,(H,23,24). The van der Waals surface area contributed by atoms with E-state index in [0.717, 1.165) is 26.9 Å². The van der Waals surface area contributed by atoms with Crippen LogP contribution in [0.3, 0.4) is 0 Å². The molecule has 27 heavy (non-hydrogen) atoms. The van der Waals surface area contributed by atoms with Crippen molar-refractivity contribution in [3.05, 3.63) is 62.4 Å². The van der Waals surface area contributed by atoms with E-state index in [4.69, 9.17) is 23.2 Å². The highest BCUT2D eigenvalue weighted by molar-refractivity contribution is 7.23. The lowest BCUT2D eigenvalue weighted by Crippen LogP contribution is -1.95. The maximum Gasteiger partial charge on any atom is 0.160 e. The molecule has 3 aromatic heterocycles. The van der Waals surface area contributed by atoms with Crippen LogP contribution in [-0.4, -0.2) is 11.3 Å². The molecule has 0 aliphatic rings. The number of halogens is 2. The van der Waals surface area contributed by atoms with Gasteiger partial charge in [-0.15, -0.1) is 22.7 Å². The minimum Gasteiger partial charge on any atom is -0.352 e. The summed E-state index contributed by atoms with van der Waals surface area (Å²) in [5, 5.41) is 15.7. The zero-order valence-corrected chi connectivity index (χ0v) is 16.6. The topological polar surface area (TPSA) is 65.8 Å². The third-order valence-corrected chi connectivity index (χ3v) is 6.47. The molecule has 0 atom stereocenters. The molecule has 4 nitrogen and oxygen atoms in total. The Morgan fingerprint density at radius 2 is 2.07 bits per heavy atom.